The lowest BCUT2D eigenvalue weighted by Gasteiger charge is -2.33. The molecule has 3 nitrogen and oxygen atoms in total. The van der Waals surface area contributed by atoms with Crippen LogP contribution in [0, 0.1) is 0 Å². The summed E-state index contributed by atoms with van der Waals surface area (Å²) in [6.45, 7) is 3.65. The van der Waals surface area contributed by atoms with Crippen LogP contribution in [0.3, 0.4) is 0 Å². The standard InChI is InChI=1S/C18H21BrClO3P/c1-3-18(4-2,24(21,22)23)16-10-13(12-19)9-15(11-16)14-5-7-17(20)8-6-14/h5-11H,3-4,12H2,1-2H3,(H2,21,22,23). The summed E-state index contributed by atoms with van der Waals surface area (Å²) in [5.74, 6) is 0. The minimum absolute atomic E-state index is 0.375. The summed E-state index contributed by atoms with van der Waals surface area (Å²) in [5.41, 5.74) is 3.56. The molecule has 0 atom stereocenters. The quantitative estimate of drug-likeness (QED) is 0.429. The molecular formula is C18H21BrClO3P. The van der Waals surface area contributed by atoms with E-state index in [-0.39, 0.29) is 0 Å². The molecule has 0 fully saturated rings. The molecule has 0 heterocycles. The monoisotopic (exact) mass is 430 g/mol. The van der Waals surface area contributed by atoms with Gasteiger partial charge in [0.05, 0.1) is 5.16 Å². The van der Waals surface area contributed by atoms with Crippen LogP contribution >= 0.6 is 35.1 Å². The van der Waals surface area contributed by atoms with Crippen LogP contribution in [0.15, 0.2) is 42.5 Å². The number of alkyl halides is 1. The molecule has 0 amide bonds. The number of rotatable bonds is 6. The minimum atomic E-state index is -4.31. The second-order valence-electron chi connectivity index (χ2n) is 5.84. The molecule has 2 aromatic carbocycles. The molecule has 2 N–H and O–H groups in total. The second kappa shape index (κ2) is 7.72. The summed E-state index contributed by atoms with van der Waals surface area (Å²) in [4.78, 5) is 20.0. The van der Waals surface area contributed by atoms with Gasteiger partial charge in [-0.1, -0.05) is 65.6 Å². The molecule has 0 saturated carbocycles. The van der Waals surface area contributed by atoms with E-state index in [1.807, 2.05) is 56.3 Å². The summed E-state index contributed by atoms with van der Waals surface area (Å²) in [6, 6.07) is 13.3. The Hall–Kier alpha value is -0.640. The first-order chi connectivity index (χ1) is 11.3. The molecule has 0 aliphatic rings. The molecule has 0 aromatic heterocycles. The lowest BCUT2D eigenvalue weighted by atomic mass is 9.89. The van der Waals surface area contributed by atoms with Gasteiger partial charge in [-0.05, 0) is 53.3 Å². The largest absolute Gasteiger partial charge is 0.335 e. The zero-order valence-corrected chi connectivity index (χ0v) is 16.9. The molecular weight excluding hydrogens is 411 g/mol. The Morgan fingerprint density at radius 3 is 2.08 bits per heavy atom. The van der Waals surface area contributed by atoms with E-state index in [1.54, 1.807) is 0 Å². The molecule has 0 saturated heterocycles. The van der Waals surface area contributed by atoms with E-state index in [4.69, 9.17) is 11.6 Å². The first kappa shape index (κ1) is 19.7. The van der Waals surface area contributed by atoms with Gasteiger partial charge in [-0.25, -0.2) is 0 Å². The van der Waals surface area contributed by atoms with Gasteiger partial charge in [0.25, 0.3) is 0 Å². The minimum Gasteiger partial charge on any atom is -0.324 e. The van der Waals surface area contributed by atoms with Crippen molar-refractivity contribution in [3.63, 3.8) is 0 Å². The van der Waals surface area contributed by atoms with Gasteiger partial charge >= 0.3 is 7.60 Å². The Labute approximate surface area is 156 Å². The Bertz CT molecular complexity index is 751. The molecule has 0 aliphatic heterocycles. The van der Waals surface area contributed by atoms with Crippen LogP contribution in [0.1, 0.15) is 37.8 Å². The van der Waals surface area contributed by atoms with Crippen LogP contribution in [0.25, 0.3) is 11.1 Å². The average molecular weight is 432 g/mol. The van der Waals surface area contributed by atoms with Crippen LogP contribution in [0.5, 0.6) is 0 Å². The predicted octanol–water partition coefficient (Wildman–Crippen LogP) is 6.09. The zero-order valence-electron chi connectivity index (χ0n) is 13.7. The highest BCUT2D eigenvalue weighted by Crippen LogP contribution is 2.61. The fraction of sp³-hybridized carbons (Fsp3) is 0.333. The summed E-state index contributed by atoms with van der Waals surface area (Å²) < 4.78 is 12.3. The van der Waals surface area contributed by atoms with Crippen molar-refractivity contribution in [2.45, 2.75) is 37.2 Å². The molecule has 2 aromatic rings. The van der Waals surface area contributed by atoms with Crippen molar-refractivity contribution in [2.24, 2.45) is 0 Å². The van der Waals surface area contributed by atoms with Crippen molar-refractivity contribution in [1.82, 2.24) is 0 Å². The summed E-state index contributed by atoms with van der Waals surface area (Å²) >= 11 is 9.41. The third kappa shape index (κ3) is 3.79. The smallest absolute Gasteiger partial charge is 0.324 e. The highest BCUT2D eigenvalue weighted by atomic mass is 79.9. The number of hydrogen-bond donors (Lipinski definition) is 2. The number of halogens is 2. The van der Waals surface area contributed by atoms with Gasteiger partial charge in [-0.15, -0.1) is 0 Å². The summed E-state index contributed by atoms with van der Waals surface area (Å²) in [7, 11) is -4.31. The third-order valence-electron chi connectivity index (χ3n) is 4.59. The molecule has 130 valence electrons. The van der Waals surface area contributed by atoms with Gasteiger partial charge < -0.3 is 9.79 Å². The van der Waals surface area contributed by atoms with Crippen molar-refractivity contribution in [3.05, 3.63) is 58.6 Å². The van der Waals surface area contributed by atoms with E-state index >= 15 is 0 Å². The van der Waals surface area contributed by atoms with E-state index in [9.17, 15) is 14.4 Å². The van der Waals surface area contributed by atoms with Crippen LogP contribution in [-0.4, -0.2) is 9.79 Å². The Balaban J connectivity index is 2.68. The van der Waals surface area contributed by atoms with Crippen LogP contribution < -0.4 is 0 Å². The molecule has 0 aliphatic carbocycles. The number of hydrogen-bond acceptors (Lipinski definition) is 1. The van der Waals surface area contributed by atoms with Gasteiger partial charge in [0.2, 0.25) is 0 Å². The first-order valence-corrected chi connectivity index (χ1v) is 10.9. The second-order valence-corrected chi connectivity index (χ2v) is 8.78. The highest BCUT2D eigenvalue weighted by molar-refractivity contribution is 9.08. The van der Waals surface area contributed by atoms with E-state index in [0.717, 1.165) is 16.7 Å². The van der Waals surface area contributed by atoms with Crippen LogP contribution in [0.4, 0.5) is 0 Å². The normalized spacial score (nSPS) is 12.4. The fourth-order valence-electron chi connectivity index (χ4n) is 3.09. The Morgan fingerprint density at radius 1 is 1.04 bits per heavy atom. The van der Waals surface area contributed by atoms with Crippen molar-refractivity contribution in [1.29, 1.82) is 0 Å². The summed E-state index contributed by atoms with van der Waals surface area (Å²) in [6.07, 6.45) is 0.749. The lowest BCUT2D eigenvalue weighted by Crippen LogP contribution is -2.24. The lowest BCUT2D eigenvalue weighted by molar-refractivity contribution is 0.315. The zero-order chi connectivity index (χ0) is 18.0. The average Bonchev–Trinajstić information content (AvgIpc) is 2.55. The van der Waals surface area contributed by atoms with Gasteiger partial charge in [0, 0.05) is 10.4 Å². The van der Waals surface area contributed by atoms with Crippen LogP contribution in [-0.2, 0) is 15.1 Å². The summed E-state index contributed by atoms with van der Waals surface area (Å²) in [5, 5.41) is 0.112. The molecule has 0 unspecified atom stereocenters. The van der Waals surface area contributed by atoms with Gasteiger partial charge in [0.15, 0.2) is 0 Å². The molecule has 0 radical (unpaired) electrons. The maximum Gasteiger partial charge on any atom is 0.335 e. The SMILES string of the molecule is CCC(CC)(c1cc(CBr)cc(-c2ccc(Cl)cc2)c1)P(=O)(O)O. The molecule has 0 spiro atoms. The molecule has 0 bridgehead atoms. The van der Waals surface area contributed by atoms with E-state index < -0.39 is 12.8 Å². The number of benzene rings is 2. The molecule has 24 heavy (non-hydrogen) atoms. The van der Waals surface area contributed by atoms with Crippen molar-refractivity contribution < 1.29 is 14.4 Å². The Morgan fingerprint density at radius 2 is 1.62 bits per heavy atom. The first-order valence-electron chi connectivity index (χ1n) is 7.79. The van der Waals surface area contributed by atoms with Crippen LogP contribution in [0.2, 0.25) is 5.02 Å². The van der Waals surface area contributed by atoms with Crippen molar-refractivity contribution in [2.75, 3.05) is 0 Å². The molecule has 2 rings (SSSR count). The van der Waals surface area contributed by atoms with E-state index in [1.165, 1.54) is 0 Å². The predicted molar refractivity (Wildman–Crippen MR) is 104 cm³/mol. The Kier molecular flexibility index (Phi) is 6.33. The van der Waals surface area contributed by atoms with Crippen molar-refractivity contribution in [3.8, 4) is 11.1 Å². The highest BCUT2D eigenvalue weighted by Gasteiger charge is 2.45. The van der Waals surface area contributed by atoms with Gasteiger partial charge in [-0.3, -0.25) is 4.57 Å². The topological polar surface area (TPSA) is 57.5 Å². The van der Waals surface area contributed by atoms with Crippen molar-refractivity contribution >= 4 is 35.1 Å². The van der Waals surface area contributed by atoms with E-state index in [2.05, 4.69) is 15.9 Å². The fourth-order valence-corrected chi connectivity index (χ4v) is 4.82. The van der Waals surface area contributed by atoms with Gasteiger partial charge in [0.1, 0.15) is 0 Å². The maximum absolute atomic E-state index is 12.3. The third-order valence-corrected chi connectivity index (χ3v) is 7.49. The molecule has 6 heteroatoms. The van der Waals surface area contributed by atoms with Gasteiger partial charge in [-0.2, -0.15) is 0 Å². The maximum atomic E-state index is 12.3. The van der Waals surface area contributed by atoms with E-state index in [0.29, 0.717) is 28.8 Å².